The van der Waals surface area contributed by atoms with Crippen LogP contribution < -0.4 is 16.0 Å². The third kappa shape index (κ3) is 8.75. The fraction of sp³-hybridized carbons (Fsp3) is 0.128. The van der Waals surface area contributed by atoms with Gasteiger partial charge in [0.15, 0.2) is 0 Å². The Balaban J connectivity index is 1.10. The lowest BCUT2D eigenvalue weighted by Crippen LogP contribution is -2.30. The number of nitrogens with one attached hydrogen (secondary N) is 3. The number of hydrogen-bond acceptors (Lipinski definition) is 6. The smallest absolute Gasteiger partial charge is 0.272 e. The van der Waals surface area contributed by atoms with Gasteiger partial charge in [-0.25, -0.2) is 0 Å². The highest BCUT2D eigenvalue weighted by Crippen LogP contribution is 2.42. The molecular weight excluding hydrogens is 716 g/mol. The molecular formula is C39H31BrN4O3S2. The molecule has 244 valence electrons. The van der Waals surface area contributed by atoms with Crippen LogP contribution in [0.3, 0.4) is 0 Å². The van der Waals surface area contributed by atoms with Crippen molar-refractivity contribution in [1.29, 1.82) is 5.26 Å². The van der Waals surface area contributed by atoms with Gasteiger partial charge >= 0.3 is 0 Å². The van der Waals surface area contributed by atoms with Crippen LogP contribution >= 0.6 is 39.0 Å². The maximum atomic E-state index is 13.5. The van der Waals surface area contributed by atoms with Gasteiger partial charge in [-0.15, -0.1) is 23.1 Å². The predicted molar refractivity (Wildman–Crippen MR) is 201 cm³/mol. The number of rotatable bonds is 10. The summed E-state index contributed by atoms with van der Waals surface area (Å²) < 4.78 is 0.893. The summed E-state index contributed by atoms with van der Waals surface area (Å²) in [4.78, 5) is 41.4. The largest absolute Gasteiger partial charge is 0.321 e. The van der Waals surface area contributed by atoms with E-state index < -0.39 is 11.8 Å². The molecule has 1 atom stereocenters. The standard InChI is InChI=1S/C39H31BrN4O3S2/c40-29-17-14-25(15-18-29)20-34(43-37(46)27-10-5-2-6-11-27)38(47)42-30-12-7-13-31(22-30)48-24-36(45)44-39-33(23-41)32-19-16-28(21-35(32)49-39)26-8-3-1-4-9-26/h1-15,17-18,20,22,28H,16,19,21,24H2,(H,42,47)(H,43,46)(H,44,45)/b34-20-. The van der Waals surface area contributed by atoms with Crippen molar-refractivity contribution in [2.24, 2.45) is 0 Å². The van der Waals surface area contributed by atoms with Crippen molar-refractivity contribution in [1.82, 2.24) is 5.32 Å². The molecule has 49 heavy (non-hydrogen) atoms. The number of thioether (sulfide) groups is 1. The molecule has 6 rings (SSSR count). The quantitative estimate of drug-likeness (QED) is 0.0978. The third-order valence-electron chi connectivity index (χ3n) is 8.07. The zero-order valence-electron chi connectivity index (χ0n) is 26.2. The number of thiophene rings is 1. The van der Waals surface area contributed by atoms with Crippen molar-refractivity contribution in [2.45, 2.75) is 30.1 Å². The number of anilines is 2. The Labute approximate surface area is 301 Å². The summed E-state index contributed by atoms with van der Waals surface area (Å²) in [6, 6.07) is 36.0. The first-order valence-electron chi connectivity index (χ1n) is 15.6. The number of benzene rings is 4. The zero-order chi connectivity index (χ0) is 34.2. The Morgan fingerprint density at radius 1 is 0.918 bits per heavy atom. The fourth-order valence-corrected chi connectivity index (χ4v) is 7.96. The van der Waals surface area contributed by atoms with Gasteiger partial charge in [0.1, 0.15) is 16.8 Å². The van der Waals surface area contributed by atoms with Crippen molar-refractivity contribution < 1.29 is 14.4 Å². The normalized spacial score (nSPS) is 13.9. The fourth-order valence-electron chi connectivity index (χ4n) is 5.64. The lowest BCUT2D eigenvalue weighted by atomic mass is 9.83. The highest BCUT2D eigenvalue weighted by molar-refractivity contribution is 9.10. The first kappa shape index (κ1) is 33.9. The van der Waals surface area contributed by atoms with Gasteiger partial charge < -0.3 is 16.0 Å². The lowest BCUT2D eigenvalue weighted by molar-refractivity contribution is -0.114. The van der Waals surface area contributed by atoms with Gasteiger partial charge in [0, 0.05) is 25.5 Å². The number of carbonyl (C=O) groups excluding carboxylic acids is 3. The molecule has 0 spiro atoms. The van der Waals surface area contributed by atoms with Crippen LogP contribution in [0, 0.1) is 11.3 Å². The molecule has 0 saturated carbocycles. The molecule has 1 aliphatic rings. The zero-order valence-corrected chi connectivity index (χ0v) is 29.5. The molecule has 0 bridgehead atoms. The predicted octanol–water partition coefficient (Wildman–Crippen LogP) is 8.80. The Morgan fingerprint density at radius 2 is 1.65 bits per heavy atom. The van der Waals surface area contributed by atoms with Crippen LogP contribution in [-0.4, -0.2) is 23.5 Å². The second-order valence-electron chi connectivity index (χ2n) is 11.4. The van der Waals surface area contributed by atoms with E-state index >= 15 is 0 Å². The van der Waals surface area contributed by atoms with Gasteiger partial charge in [0.05, 0.1) is 11.3 Å². The van der Waals surface area contributed by atoms with E-state index in [1.54, 1.807) is 48.5 Å². The van der Waals surface area contributed by atoms with Crippen molar-refractivity contribution in [3.05, 3.63) is 152 Å². The van der Waals surface area contributed by atoms with Crippen molar-refractivity contribution in [3.63, 3.8) is 0 Å². The number of hydrogen-bond donors (Lipinski definition) is 3. The average molecular weight is 748 g/mol. The van der Waals surface area contributed by atoms with Crippen LogP contribution in [0.2, 0.25) is 0 Å². The van der Waals surface area contributed by atoms with Crippen molar-refractivity contribution in [3.8, 4) is 6.07 Å². The van der Waals surface area contributed by atoms with Gasteiger partial charge in [-0.05, 0) is 90.4 Å². The minimum Gasteiger partial charge on any atom is -0.321 e. The molecule has 5 aromatic rings. The first-order chi connectivity index (χ1) is 23.9. The Bertz CT molecular complexity index is 2060. The number of fused-ring (bicyclic) bond motifs is 1. The molecule has 3 amide bonds. The Hall–Kier alpha value is -4.95. The molecule has 0 fully saturated rings. The molecule has 4 aromatic carbocycles. The summed E-state index contributed by atoms with van der Waals surface area (Å²) in [6.07, 6.45) is 4.26. The molecule has 10 heteroatoms. The molecule has 3 N–H and O–H groups in total. The third-order valence-corrected chi connectivity index (χ3v) is 10.8. The molecule has 1 unspecified atom stereocenters. The van der Waals surface area contributed by atoms with Crippen LogP contribution in [0.25, 0.3) is 6.08 Å². The molecule has 7 nitrogen and oxygen atoms in total. The number of nitriles is 1. The molecule has 0 aliphatic heterocycles. The maximum absolute atomic E-state index is 13.5. The van der Waals surface area contributed by atoms with E-state index in [2.05, 4.69) is 62.2 Å². The van der Waals surface area contributed by atoms with Crippen molar-refractivity contribution in [2.75, 3.05) is 16.4 Å². The summed E-state index contributed by atoms with van der Waals surface area (Å²) in [5.41, 5.74) is 4.68. The second kappa shape index (κ2) is 16.0. The summed E-state index contributed by atoms with van der Waals surface area (Å²) in [7, 11) is 0. The van der Waals surface area contributed by atoms with Crippen LogP contribution in [0.15, 0.2) is 124 Å². The summed E-state index contributed by atoms with van der Waals surface area (Å²) in [5.74, 6) is -0.584. The van der Waals surface area contributed by atoms with Crippen molar-refractivity contribution >= 4 is 73.5 Å². The van der Waals surface area contributed by atoms with Gasteiger partial charge in [0.2, 0.25) is 5.91 Å². The van der Waals surface area contributed by atoms with Gasteiger partial charge in [-0.2, -0.15) is 5.26 Å². The lowest BCUT2D eigenvalue weighted by Gasteiger charge is -2.22. The van der Waals surface area contributed by atoms with Crippen LogP contribution in [0.5, 0.6) is 0 Å². The van der Waals surface area contributed by atoms with E-state index in [9.17, 15) is 19.6 Å². The molecule has 1 heterocycles. The van der Waals surface area contributed by atoms with E-state index in [0.29, 0.717) is 27.7 Å². The molecule has 1 aliphatic carbocycles. The average Bonchev–Trinajstić information content (AvgIpc) is 3.48. The van der Waals surface area contributed by atoms with Crippen LogP contribution in [0.4, 0.5) is 10.7 Å². The second-order valence-corrected chi connectivity index (χ2v) is 14.5. The van der Waals surface area contributed by atoms with E-state index in [1.165, 1.54) is 28.7 Å². The highest BCUT2D eigenvalue weighted by atomic mass is 79.9. The molecule has 1 aromatic heterocycles. The van der Waals surface area contributed by atoms with Crippen LogP contribution in [0.1, 0.15) is 49.8 Å². The highest BCUT2D eigenvalue weighted by Gasteiger charge is 2.27. The van der Waals surface area contributed by atoms with Gasteiger partial charge in [0.25, 0.3) is 11.8 Å². The topological polar surface area (TPSA) is 111 Å². The van der Waals surface area contributed by atoms with E-state index in [0.717, 1.165) is 44.6 Å². The SMILES string of the molecule is N#Cc1c(NC(=O)CSc2cccc(NC(=O)/C(=C/c3ccc(Br)cc3)NC(=O)c3ccccc3)c2)sc2c1CCC(c1ccccc1)C2. The number of halogens is 1. The van der Waals surface area contributed by atoms with E-state index in [1.807, 2.05) is 42.5 Å². The number of amides is 3. The first-order valence-corrected chi connectivity index (χ1v) is 18.2. The summed E-state index contributed by atoms with van der Waals surface area (Å²) >= 11 is 6.25. The molecule has 0 radical (unpaired) electrons. The van der Waals surface area contributed by atoms with Gasteiger partial charge in [-0.1, -0.05) is 82.7 Å². The van der Waals surface area contributed by atoms with Crippen LogP contribution in [-0.2, 0) is 22.4 Å². The monoisotopic (exact) mass is 746 g/mol. The van der Waals surface area contributed by atoms with Gasteiger partial charge in [-0.3, -0.25) is 14.4 Å². The minimum atomic E-state index is -0.493. The maximum Gasteiger partial charge on any atom is 0.272 e. The summed E-state index contributed by atoms with van der Waals surface area (Å²) in [6.45, 7) is 0. The Morgan fingerprint density at radius 3 is 2.39 bits per heavy atom. The molecule has 0 saturated heterocycles. The Kier molecular flexibility index (Phi) is 11.1. The number of carbonyl (C=O) groups is 3. The summed E-state index contributed by atoms with van der Waals surface area (Å²) in [5, 5.41) is 19.2. The van der Waals surface area contributed by atoms with E-state index in [-0.39, 0.29) is 17.4 Å². The minimum absolute atomic E-state index is 0.0793. The van der Waals surface area contributed by atoms with E-state index in [4.69, 9.17) is 0 Å². The number of nitrogens with zero attached hydrogens (tertiary/aromatic N) is 1.